The van der Waals surface area contributed by atoms with Crippen molar-refractivity contribution in [2.75, 3.05) is 30.9 Å². The van der Waals surface area contributed by atoms with Gasteiger partial charge in [0.1, 0.15) is 5.82 Å². The van der Waals surface area contributed by atoms with Crippen molar-refractivity contribution in [3.05, 3.63) is 46.2 Å². The van der Waals surface area contributed by atoms with Gasteiger partial charge in [-0.15, -0.1) is 11.3 Å². The molecule has 1 aliphatic carbocycles. The summed E-state index contributed by atoms with van der Waals surface area (Å²) in [6.07, 6.45) is 4.86. The lowest BCUT2D eigenvalue weighted by atomic mass is 9.86. The van der Waals surface area contributed by atoms with Crippen LogP contribution < -0.4 is 15.5 Å². The van der Waals surface area contributed by atoms with Gasteiger partial charge in [0.15, 0.2) is 0 Å². The molecule has 6 heteroatoms. The number of aromatic nitrogens is 2. The van der Waals surface area contributed by atoms with Gasteiger partial charge < -0.3 is 15.5 Å². The average molecular weight is 410 g/mol. The fourth-order valence-electron chi connectivity index (χ4n) is 4.13. The molecule has 1 aliphatic rings. The summed E-state index contributed by atoms with van der Waals surface area (Å²) in [6.45, 7) is 4.31. The van der Waals surface area contributed by atoms with Crippen molar-refractivity contribution in [3.8, 4) is 0 Å². The molecule has 0 radical (unpaired) electrons. The van der Waals surface area contributed by atoms with Crippen LogP contribution in [0.25, 0.3) is 10.9 Å². The Bertz CT molecular complexity index is 943. The van der Waals surface area contributed by atoms with E-state index in [1.165, 1.54) is 36.1 Å². The monoisotopic (exact) mass is 409 g/mol. The van der Waals surface area contributed by atoms with Crippen LogP contribution in [0, 0.1) is 12.8 Å². The summed E-state index contributed by atoms with van der Waals surface area (Å²) >= 11 is 1.85. The minimum atomic E-state index is 0.460. The molecule has 1 saturated carbocycles. The first kappa shape index (κ1) is 20.1. The van der Waals surface area contributed by atoms with Gasteiger partial charge in [-0.25, -0.2) is 4.98 Å². The fourth-order valence-corrected chi connectivity index (χ4v) is 5.01. The van der Waals surface area contributed by atoms with Crippen LogP contribution in [-0.4, -0.2) is 36.6 Å². The van der Waals surface area contributed by atoms with Crippen LogP contribution in [0.1, 0.15) is 36.1 Å². The molecule has 29 heavy (non-hydrogen) atoms. The van der Waals surface area contributed by atoms with E-state index in [1.54, 1.807) is 0 Å². The molecule has 0 saturated heterocycles. The molecule has 0 spiro atoms. The van der Waals surface area contributed by atoms with Crippen LogP contribution in [0.4, 0.5) is 11.8 Å². The number of nitrogens with zero attached hydrogens (tertiary/aromatic N) is 3. The summed E-state index contributed by atoms with van der Waals surface area (Å²) in [5.74, 6) is 2.49. The molecule has 3 aromatic rings. The highest BCUT2D eigenvalue weighted by Crippen LogP contribution is 2.28. The third-order valence-corrected chi connectivity index (χ3v) is 6.90. The second kappa shape index (κ2) is 9.09. The van der Waals surface area contributed by atoms with Gasteiger partial charge in [0, 0.05) is 36.9 Å². The molecule has 1 fully saturated rings. The number of hydrogen-bond donors (Lipinski definition) is 2. The molecule has 154 valence electrons. The first-order valence-electron chi connectivity index (χ1n) is 10.5. The summed E-state index contributed by atoms with van der Waals surface area (Å²) in [7, 11) is 4.07. The van der Waals surface area contributed by atoms with Crippen molar-refractivity contribution < 1.29 is 0 Å². The highest BCUT2D eigenvalue weighted by molar-refractivity contribution is 7.10. The zero-order valence-corrected chi connectivity index (χ0v) is 18.4. The van der Waals surface area contributed by atoms with Crippen molar-refractivity contribution in [1.82, 2.24) is 15.3 Å². The van der Waals surface area contributed by atoms with Crippen LogP contribution in [-0.2, 0) is 6.54 Å². The molecule has 1 aromatic carbocycles. The Hall–Kier alpha value is -2.18. The van der Waals surface area contributed by atoms with Gasteiger partial charge >= 0.3 is 0 Å². The second-order valence-electron chi connectivity index (χ2n) is 8.30. The Morgan fingerprint density at radius 1 is 1.07 bits per heavy atom. The van der Waals surface area contributed by atoms with Gasteiger partial charge in [-0.1, -0.05) is 12.1 Å². The molecular weight excluding hydrogens is 378 g/mol. The number of anilines is 2. The molecule has 5 nitrogen and oxygen atoms in total. The fraction of sp³-hybridized carbons (Fsp3) is 0.478. The number of hydrogen-bond acceptors (Lipinski definition) is 6. The zero-order chi connectivity index (χ0) is 20.2. The third kappa shape index (κ3) is 4.87. The van der Waals surface area contributed by atoms with Crippen LogP contribution >= 0.6 is 11.3 Å². The maximum Gasteiger partial charge on any atom is 0.225 e. The minimum absolute atomic E-state index is 0.460. The Labute approximate surface area is 177 Å². The Morgan fingerprint density at radius 2 is 1.86 bits per heavy atom. The van der Waals surface area contributed by atoms with E-state index in [2.05, 4.69) is 46.0 Å². The number of thiophene rings is 1. The van der Waals surface area contributed by atoms with Crippen molar-refractivity contribution in [3.63, 3.8) is 0 Å². The lowest BCUT2D eigenvalue weighted by Gasteiger charge is -2.29. The first-order valence-corrected chi connectivity index (χ1v) is 11.4. The maximum atomic E-state index is 4.79. The Kier molecular flexibility index (Phi) is 6.31. The van der Waals surface area contributed by atoms with E-state index >= 15 is 0 Å². The molecule has 0 aliphatic heterocycles. The molecule has 0 unspecified atom stereocenters. The molecule has 0 atom stereocenters. The van der Waals surface area contributed by atoms with Crippen molar-refractivity contribution in [2.24, 2.45) is 5.92 Å². The van der Waals surface area contributed by atoms with Gasteiger partial charge in [0.25, 0.3) is 0 Å². The first-order chi connectivity index (χ1) is 14.1. The minimum Gasteiger partial charge on any atom is -0.362 e. The molecular formula is C23H31N5S. The van der Waals surface area contributed by atoms with Gasteiger partial charge in [0.2, 0.25) is 5.95 Å². The Balaban J connectivity index is 1.31. The van der Waals surface area contributed by atoms with Crippen molar-refractivity contribution in [2.45, 2.75) is 45.2 Å². The number of fused-ring (bicyclic) bond motifs is 1. The van der Waals surface area contributed by atoms with E-state index in [9.17, 15) is 0 Å². The molecule has 0 amide bonds. The summed E-state index contributed by atoms with van der Waals surface area (Å²) in [4.78, 5) is 13.1. The lowest BCUT2D eigenvalue weighted by Crippen LogP contribution is -2.31. The smallest absolute Gasteiger partial charge is 0.225 e. The second-order valence-corrected chi connectivity index (χ2v) is 9.30. The predicted octanol–water partition coefficient (Wildman–Crippen LogP) is 4.83. The predicted molar refractivity (Wildman–Crippen MR) is 124 cm³/mol. The highest BCUT2D eigenvalue weighted by atomic mass is 32.1. The van der Waals surface area contributed by atoms with E-state index in [-0.39, 0.29) is 0 Å². The van der Waals surface area contributed by atoms with E-state index in [0.29, 0.717) is 6.04 Å². The van der Waals surface area contributed by atoms with Crippen LogP contribution in [0.15, 0.2) is 35.7 Å². The third-order valence-electron chi connectivity index (χ3n) is 5.87. The largest absolute Gasteiger partial charge is 0.362 e. The van der Waals surface area contributed by atoms with E-state index in [1.807, 2.05) is 37.6 Å². The summed E-state index contributed by atoms with van der Waals surface area (Å²) < 4.78 is 0. The average Bonchev–Trinajstić information content (AvgIpc) is 3.13. The normalized spacial score (nSPS) is 19.4. The molecule has 0 bridgehead atoms. The molecule has 2 N–H and O–H groups in total. The molecule has 4 rings (SSSR count). The number of aryl methyl sites for hydroxylation is 1. The maximum absolute atomic E-state index is 4.79. The van der Waals surface area contributed by atoms with E-state index < -0.39 is 0 Å². The molecule has 2 aromatic heterocycles. The van der Waals surface area contributed by atoms with Crippen molar-refractivity contribution >= 4 is 34.0 Å². The van der Waals surface area contributed by atoms with Crippen LogP contribution in [0.2, 0.25) is 0 Å². The topological polar surface area (TPSA) is 53.1 Å². The van der Waals surface area contributed by atoms with Crippen LogP contribution in [0.3, 0.4) is 0 Å². The quantitative estimate of drug-likeness (QED) is 0.586. The van der Waals surface area contributed by atoms with Gasteiger partial charge in [-0.3, -0.25) is 0 Å². The highest BCUT2D eigenvalue weighted by Gasteiger charge is 2.22. The summed E-state index contributed by atoms with van der Waals surface area (Å²) in [5.41, 5.74) is 2.40. The van der Waals surface area contributed by atoms with Crippen molar-refractivity contribution in [1.29, 1.82) is 0 Å². The number of benzene rings is 1. The van der Waals surface area contributed by atoms with Gasteiger partial charge in [-0.2, -0.15) is 4.98 Å². The Morgan fingerprint density at radius 3 is 2.59 bits per heavy atom. The van der Waals surface area contributed by atoms with Gasteiger partial charge in [-0.05, 0) is 74.2 Å². The van der Waals surface area contributed by atoms with Crippen LogP contribution in [0.5, 0.6) is 0 Å². The number of nitrogens with one attached hydrogen (secondary N) is 2. The summed E-state index contributed by atoms with van der Waals surface area (Å²) in [5, 5.41) is 10.5. The summed E-state index contributed by atoms with van der Waals surface area (Å²) in [6, 6.07) is 10.9. The number of para-hydroxylation sites is 1. The standard InChI is InChI=1S/C23H31N5S/c1-16-12-13-29-21(16)15-24-14-17-8-10-18(11-9-17)25-23-26-20-7-5-4-6-19(20)22(27-23)28(2)3/h4-7,12-13,17-18,24H,8-11,14-15H2,1-3H3,(H,25,26,27)/t17-,18+. The zero-order valence-electron chi connectivity index (χ0n) is 17.6. The van der Waals surface area contributed by atoms with E-state index in [0.717, 1.165) is 41.7 Å². The molecule has 2 heterocycles. The SMILES string of the molecule is Cc1ccsc1CNC[C@H]1CC[C@@H](Nc2nc(N(C)C)c3ccccc3n2)CC1. The van der Waals surface area contributed by atoms with Gasteiger partial charge in [0.05, 0.1) is 5.52 Å². The van der Waals surface area contributed by atoms with E-state index in [4.69, 9.17) is 9.97 Å². The number of rotatable bonds is 7. The lowest BCUT2D eigenvalue weighted by molar-refractivity contribution is 0.324.